The van der Waals surface area contributed by atoms with Crippen LogP contribution in [-0.2, 0) is 19.1 Å². The van der Waals surface area contributed by atoms with Crippen LogP contribution in [0.15, 0.2) is 0 Å². The molecule has 1 rings (SSSR count). The number of hydrogen-bond donors (Lipinski definition) is 1. The molecule has 0 aromatic heterocycles. The Balaban J connectivity index is 2.07. The van der Waals surface area contributed by atoms with E-state index in [2.05, 4.69) is 0 Å². The van der Waals surface area contributed by atoms with Gasteiger partial charge in [0.15, 0.2) is 0 Å². The normalized spacial score (nSPS) is 19.1. The highest BCUT2D eigenvalue weighted by atomic mass is 33.1. The van der Waals surface area contributed by atoms with E-state index < -0.39 is 6.10 Å². The summed E-state index contributed by atoms with van der Waals surface area (Å²) in [6, 6.07) is -0.0229. The number of amides is 1. The maximum absolute atomic E-state index is 12.5. The molecule has 6 nitrogen and oxygen atoms in total. The van der Waals surface area contributed by atoms with Gasteiger partial charge in [0.25, 0.3) is 0 Å². The predicted molar refractivity (Wildman–Crippen MR) is 125 cm³/mol. The first-order chi connectivity index (χ1) is 14.2. The van der Waals surface area contributed by atoms with Crippen molar-refractivity contribution < 1.29 is 24.2 Å². The van der Waals surface area contributed by atoms with E-state index >= 15 is 0 Å². The maximum Gasteiger partial charge on any atom is 0.223 e. The first-order valence-electron chi connectivity index (χ1n) is 11.1. The van der Waals surface area contributed by atoms with Gasteiger partial charge in [0.1, 0.15) is 11.6 Å². The second-order valence-electron chi connectivity index (χ2n) is 8.48. The third kappa shape index (κ3) is 11.7. The Labute approximate surface area is 189 Å². The summed E-state index contributed by atoms with van der Waals surface area (Å²) in [6.45, 7) is 8.55. The Morgan fingerprint density at radius 1 is 1.00 bits per heavy atom. The minimum absolute atomic E-state index is 0.00595. The molecule has 1 saturated heterocycles. The lowest BCUT2D eigenvalue weighted by Crippen LogP contribution is -2.39. The van der Waals surface area contributed by atoms with Crippen LogP contribution < -0.4 is 0 Å². The number of ether oxygens (including phenoxy) is 1. The molecule has 1 aliphatic heterocycles. The van der Waals surface area contributed by atoms with Crippen molar-refractivity contribution >= 4 is 39.1 Å². The van der Waals surface area contributed by atoms with Gasteiger partial charge in [-0.2, -0.15) is 0 Å². The second-order valence-corrected chi connectivity index (χ2v) is 11.2. The van der Waals surface area contributed by atoms with Crippen LogP contribution in [0.4, 0.5) is 0 Å². The molecule has 0 spiro atoms. The molecule has 30 heavy (non-hydrogen) atoms. The number of likely N-dealkylation sites (tertiary alicyclic amines) is 1. The number of rotatable bonds is 16. The topological polar surface area (TPSA) is 83.9 Å². The molecule has 1 fully saturated rings. The first-order valence-corrected chi connectivity index (χ1v) is 13.6. The van der Waals surface area contributed by atoms with Crippen molar-refractivity contribution in [1.82, 2.24) is 4.90 Å². The number of ketones is 2. The fourth-order valence-corrected chi connectivity index (χ4v) is 5.38. The van der Waals surface area contributed by atoms with Crippen LogP contribution >= 0.6 is 21.6 Å². The van der Waals surface area contributed by atoms with E-state index in [0.717, 1.165) is 24.3 Å². The summed E-state index contributed by atoms with van der Waals surface area (Å²) >= 11 is 0. The summed E-state index contributed by atoms with van der Waals surface area (Å²) < 4.78 is 5.64. The summed E-state index contributed by atoms with van der Waals surface area (Å²) in [5.74, 6) is 2.21. The quantitative estimate of drug-likeness (QED) is 0.276. The van der Waals surface area contributed by atoms with Gasteiger partial charge >= 0.3 is 0 Å². The van der Waals surface area contributed by atoms with E-state index in [-0.39, 0.29) is 35.5 Å². The molecule has 1 aliphatic rings. The second kappa shape index (κ2) is 15.3. The molecule has 1 N–H and O–H groups in total. The summed E-state index contributed by atoms with van der Waals surface area (Å²) in [6.07, 6.45) is 3.64. The molecule has 0 aromatic rings. The predicted octanol–water partition coefficient (Wildman–Crippen LogP) is 3.89. The fraction of sp³-hybridized carbons (Fsp3) is 0.864. The first kappa shape index (κ1) is 27.5. The molecule has 0 aromatic carbocycles. The number of nitrogens with zero attached hydrogens (tertiary/aromatic N) is 1. The molecule has 8 heteroatoms. The number of Topliss-reactive ketones (excluding diaryl/α,β-unsaturated/α-hetero) is 2. The van der Waals surface area contributed by atoms with Crippen molar-refractivity contribution in [1.29, 1.82) is 0 Å². The van der Waals surface area contributed by atoms with Gasteiger partial charge in [0.2, 0.25) is 5.91 Å². The molecule has 0 saturated carbocycles. The Hall–Kier alpha value is -0.570. The van der Waals surface area contributed by atoms with E-state index in [9.17, 15) is 19.5 Å². The van der Waals surface area contributed by atoms with Gasteiger partial charge in [-0.05, 0) is 33.1 Å². The maximum atomic E-state index is 12.5. The molecule has 1 heterocycles. The average Bonchev–Trinajstić information content (AvgIpc) is 3.06. The summed E-state index contributed by atoms with van der Waals surface area (Å²) in [4.78, 5) is 37.6. The van der Waals surface area contributed by atoms with Gasteiger partial charge < -0.3 is 14.7 Å². The van der Waals surface area contributed by atoms with Gasteiger partial charge in [0.05, 0.1) is 24.9 Å². The van der Waals surface area contributed by atoms with Gasteiger partial charge in [-0.1, -0.05) is 35.4 Å². The van der Waals surface area contributed by atoms with Crippen molar-refractivity contribution in [2.75, 3.05) is 24.7 Å². The van der Waals surface area contributed by atoms with Crippen molar-refractivity contribution in [3.05, 3.63) is 0 Å². The number of carbonyl (C=O) groups excluding carboxylic acids is 3. The van der Waals surface area contributed by atoms with Crippen molar-refractivity contribution in [2.24, 2.45) is 5.92 Å². The molecule has 2 atom stereocenters. The number of aliphatic hydroxyl groups excluding tert-OH is 1. The van der Waals surface area contributed by atoms with Crippen LogP contribution in [-0.4, -0.2) is 70.4 Å². The highest BCUT2D eigenvalue weighted by molar-refractivity contribution is 8.76. The van der Waals surface area contributed by atoms with Gasteiger partial charge in [0, 0.05) is 49.7 Å². The molecule has 0 bridgehead atoms. The lowest BCUT2D eigenvalue weighted by atomic mass is 10.0. The van der Waals surface area contributed by atoms with Crippen LogP contribution in [0.3, 0.4) is 0 Å². The third-order valence-corrected chi connectivity index (χ3v) is 7.59. The zero-order valence-corrected chi connectivity index (χ0v) is 20.6. The average molecular weight is 462 g/mol. The number of aliphatic hydroxyl groups is 1. The van der Waals surface area contributed by atoms with Crippen LogP contribution in [0.5, 0.6) is 0 Å². The molecular weight excluding hydrogens is 422 g/mol. The summed E-state index contributed by atoms with van der Waals surface area (Å²) in [7, 11) is 3.47. The fourth-order valence-electron chi connectivity index (χ4n) is 3.21. The van der Waals surface area contributed by atoms with Crippen molar-refractivity contribution in [3.63, 3.8) is 0 Å². The standard InChI is InChI=1S/C22H39NO5S2/c1-16(2)21(26)10-9-19(24)7-5-11-29-30-12-6-8-22(27)23-14-20(25)13-18(23)15-28-17(3)4/h16-18,20,25H,5-15H2,1-4H3/t18-,20-/m0/s1. The molecule has 0 aliphatic carbocycles. The van der Waals surface area contributed by atoms with Gasteiger partial charge in [-0.25, -0.2) is 0 Å². The number of carbonyl (C=O) groups is 3. The lowest BCUT2D eigenvalue weighted by molar-refractivity contribution is -0.133. The number of β-amino-alcohol motifs (C(OH)–C–C–N with tert-alkyl or cyclic N) is 1. The van der Waals surface area contributed by atoms with E-state index in [0.29, 0.717) is 45.3 Å². The van der Waals surface area contributed by atoms with E-state index in [1.807, 2.05) is 27.7 Å². The number of hydrogen-bond acceptors (Lipinski definition) is 7. The van der Waals surface area contributed by atoms with Crippen LogP contribution in [0.25, 0.3) is 0 Å². The van der Waals surface area contributed by atoms with Crippen molar-refractivity contribution in [3.8, 4) is 0 Å². The van der Waals surface area contributed by atoms with E-state index in [1.54, 1.807) is 26.5 Å². The molecule has 0 radical (unpaired) electrons. The van der Waals surface area contributed by atoms with Gasteiger partial charge in [-0.3, -0.25) is 14.4 Å². The van der Waals surface area contributed by atoms with Crippen molar-refractivity contribution in [2.45, 2.75) is 90.9 Å². The van der Waals surface area contributed by atoms with Crippen LogP contribution in [0.2, 0.25) is 0 Å². The third-order valence-electron chi connectivity index (χ3n) is 5.01. The highest BCUT2D eigenvalue weighted by Crippen LogP contribution is 2.25. The Morgan fingerprint density at radius 2 is 1.63 bits per heavy atom. The lowest BCUT2D eigenvalue weighted by Gasteiger charge is -2.25. The Kier molecular flexibility index (Phi) is 14.0. The SMILES string of the molecule is CC(C)OC[C@@H]1C[C@H](O)CN1C(=O)CCCSSCCCC(=O)CCC(=O)C(C)C. The Bertz CT molecular complexity index is 542. The molecule has 0 unspecified atom stereocenters. The Morgan fingerprint density at radius 3 is 2.23 bits per heavy atom. The zero-order valence-electron chi connectivity index (χ0n) is 18.9. The highest BCUT2D eigenvalue weighted by Gasteiger charge is 2.34. The summed E-state index contributed by atoms with van der Waals surface area (Å²) in [5.41, 5.74) is 0. The minimum atomic E-state index is -0.453. The molecular formula is C22H39NO5S2. The zero-order chi connectivity index (χ0) is 22.5. The van der Waals surface area contributed by atoms with Crippen LogP contribution in [0.1, 0.15) is 72.6 Å². The monoisotopic (exact) mass is 461 g/mol. The summed E-state index contributed by atoms with van der Waals surface area (Å²) in [5, 5.41) is 9.90. The van der Waals surface area contributed by atoms with Gasteiger partial charge in [-0.15, -0.1) is 0 Å². The molecule has 174 valence electrons. The molecule has 1 amide bonds. The smallest absolute Gasteiger partial charge is 0.223 e. The minimum Gasteiger partial charge on any atom is -0.391 e. The van der Waals surface area contributed by atoms with E-state index in [4.69, 9.17) is 4.74 Å². The largest absolute Gasteiger partial charge is 0.391 e. The van der Waals surface area contributed by atoms with Crippen LogP contribution in [0, 0.1) is 5.92 Å². The van der Waals surface area contributed by atoms with E-state index in [1.165, 1.54) is 0 Å².